The number of benzene rings is 3. The highest BCUT2D eigenvalue weighted by Gasteiger charge is 2.13. The molecule has 2 heteroatoms. The van der Waals surface area contributed by atoms with Gasteiger partial charge in [-0.15, -0.1) is 0 Å². The molecule has 0 aliphatic rings. The number of hydrogen-bond donors (Lipinski definition) is 0. The van der Waals surface area contributed by atoms with Crippen molar-refractivity contribution in [2.75, 3.05) is 0 Å². The van der Waals surface area contributed by atoms with Crippen LogP contribution >= 0.6 is 0 Å². The van der Waals surface area contributed by atoms with Gasteiger partial charge in [-0.1, -0.05) is 87.5 Å². The summed E-state index contributed by atoms with van der Waals surface area (Å²) in [6.45, 7) is 6.69. The van der Waals surface area contributed by atoms with Gasteiger partial charge in [-0.25, -0.2) is 4.68 Å². The van der Waals surface area contributed by atoms with Crippen LogP contribution in [0.2, 0.25) is 0 Å². The largest absolute Gasteiger partial charge is 0.240 e. The maximum absolute atomic E-state index is 4.76. The first-order chi connectivity index (χ1) is 13.0. The van der Waals surface area contributed by atoms with Crippen LogP contribution in [-0.2, 0) is 5.41 Å². The summed E-state index contributed by atoms with van der Waals surface area (Å²) < 4.78 is 1.94. The van der Waals surface area contributed by atoms with Crippen molar-refractivity contribution >= 4 is 0 Å². The van der Waals surface area contributed by atoms with Gasteiger partial charge in [0.2, 0.25) is 0 Å². The Labute approximate surface area is 161 Å². The Hall–Kier alpha value is -3.13. The fraction of sp³-hybridized carbons (Fsp3) is 0.160. The lowest BCUT2D eigenvalue weighted by molar-refractivity contribution is 0.590. The molecular formula is C25H24N2. The highest BCUT2D eigenvalue weighted by atomic mass is 15.3. The third-order valence-corrected chi connectivity index (χ3v) is 4.87. The number of nitrogens with zero attached hydrogens (tertiary/aromatic N) is 2. The van der Waals surface area contributed by atoms with Crippen molar-refractivity contribution in [1.82, 2.24) is 9.78 Å². The quantitative estimate of drug-likeness (QED) is 0.411. The van der Waals surface area contributed by atoms with E-state index in [1.165, 1.54) is 16.7 Å². The van der Waals surface area contributed by atoms with Gasteiger partial charge in [0.25, 0.3) is 0 Å². The Morgan fingerprint density at radius 3 is 1.85 bits per heavy atom. The lowest BCUT2D eigenvalue weighted by Crippen LogP contribution is -2.10. The van der Waals surface area contributed by atoms with Crippen molar-refractivity contribution < 1.29 is 0 Å². The number of rotatable bonds is 3. The third-order valence-electron chi connectivity index (χ3n) is 4.87. The molecule has 0 saturated heterocycles. The molecule has 134 valence electrons. The van der Waals surface area contributed by atoms with Gasteiger partial charge in [-0.3, -0.25) is 0 Å². The van der Waals surface area contributed by atoms with Crippen LogP contribution in [0.5, 0.6) is 0 Å². The summed E-state index contributed by atoms with van der Waals surface area (Å²) in [6, 6.07) is 29.7. The van der Waals surface area contributed by atoms with Crippen molar-refractivity contribution in [3.05, 3.63) is 96.7 Å². The summed E-state index contributed by atoms with van der Waals surface area (Å²) in [5.74, 6) is 0. The van der Waals surface area contributed by atoms with Crippen LogP contribution in [0.4, 0.5) is 0 Å². The minimum Gasteiger partial charge on any atom is -0.240 e. The van der Waals surface area contributed by atoms with Gasteiger partial charge in [0, 0.05) is 11.8 Å². The maximum atomic E-state index is 4.76. The second-order valence-electron chi connectivity index (χ2n) is 7.89. The van der Waals surface area contributed by atoms with Gasteiger partial charge in [0.1, 0.15) is 0 Å². The van der Waals surface area contributed by atoms with E-state index >= 15 is 0 Å². The normalized spacial score (nSPS) is 11.5. The molecule has 1 heterocycles. The first-order valence-corrected chi connectivity index (χ1v) is 9.33. The van der Waals surface area contributed by atoms with Crippen LogP contribution in [0.25, 0.3) is 28.1 Å². The van der Waals surface area contributed by atoms with Gasteiger partial charge in [-0.2, -0.15) is 5.10 Å². The Kier molecular flexibility index (Phi) is 4.41. The Morgan fingerprint density at radius 1 is 0.630 bits per heavy atom. The molecule has 2 nitrogen and oxygen atoms in total. The molecule has 4 rings (SSSR count). The van der Waals surface area contributed by atoms with Crippen LogP contribution in [0.15, 0.2) is 91.1 Å². The van der Waals surface area contributed by atoms with E-state index in [9.17, 15) is 0 Å². The molecule has 0 amide bonds. The van der Waals surface area contributed by atoms with Gasteiger partial charge in [-0.05, 0) is 40.3 Å². The second kappa shape index (κ2) is 6.88. The Bertz CT molecular complexity index is 1020. The zero-order valence-corrected chi connectivity index (χ0v) is 16.1. The van der Waals surface area contributed by atoms with Gasteiger partial charge < -0.3 is 0 Å². The summed E-state index contributed by atoms with van der Waals surface area (Å²) in [5.41, 5.74) is 7.12. The monoisotopic (exact) mass is 352 g/mol. The summed E-state index contributed by atoms with van der Waals surface area (Å²) in [6.07, 6.45) is 2.02. The lowest BCUT2D eigenvalue weighted by atomic mass is 9.87. The average Bonchev–Trinajstić information content (AvgIpc) is 3.18. The third kappa shape index (κ3) is 3.70. The summed E-state index contributed by atoms with van der Waals surface area (Å²) in [4.78, 5) is 0. The van der Waals surface area contributed by atoms with E-state index in [-0.39, 0.29) is 5.41 Å². The average molecular weight is 352 g/mol. The molecule has 0 unspecified atom stereocenters. The molecule has 0 atom stereocenters. The van der Waals surface area contributed by atoms with E-state index in [0.717, 1.165) is 16.9 Å². The van der Waals surface area contributed by atoms with Crippen LogP contribution in [0, 0.1) is 0 Å². The SMILES string of the molecule is CC(C)(C)c1ccc(-n2ccc(-c3ccc(-c4ccccc4)cc3)n2)cc1. The van der Waals surface area contributed by atoms with Crippen molar-refractivity contribution in [3.8, 4) is 28.1 Å². The van der Waals surface area contributed by atoms with Crippen LogP contribution in [0.1, 0.15) is 26.3 Å². The number of aromatic nitrogens is 2. The number of hydrogen-bond acceptors (Lipinski definition) is 1. The predicted molar refractivity (Wildman–Crippen MR) is 113 cm³/mol. The molecule has 0 aliphatic carbocycles. The fourth-order valence-corrected chi connectivity index (χ4v) is 3.20. The Morgan fingerprint density at radius 2 is 1.22 bits per heavy atom. The molecule has 0 spiro atoms. The molecule has 0 fully saturated rings. The van der Waals surface area contributed by atoms with E-state index in [4.69, 9.17) is 5.10 Å². The smallest absolute Gasteiger partial charge is 0.0927 e. The standard InChI is InChI=1S/C25H24N2/c1-25(2,3)22-13-15-23(16-14-22)27-18-17-24(26-27)21-11-9-20(10-12-21)19-7-5-4-6-8-19/h4-18H,1-3H3. The molecule has 0 saturated carbocycles. The van der Waals surface area contributed by atoms with E-state index in [0.29, 0.717) is 0 Å². The van der Waals surface area contributed by atoms with Crippen LogP contribution < -0.4 is 0 Å². The molecule has 27 heavy (non-hydrogen) atoms. The Balaban J connectivity index is 1.57. The van der Waals surface area contributed by atoms with Crippen molar-refractivity contribution in [1.29, 1.82) is 0 Å². The molecule has 0 aliphatic heterocycles. The van der Waals surface area contributed by atoms with E-state index in [1.807, 2.05) is 16.9 Å². The highest BCUT2D eigenvalue weighted by molar-refractivity contribution is 5.68. The lowest BCUT2D eigenvalue weighted by Gasteiger charge is -2.19. The minimum absolute atomic E-state index is 0.161. The molecule has 4 aromatic rings. The predicted octanol–water partition coefficient (Wildman–Crippen LogP) is 6.50. The maximum Gasteiger partial charge on any atom is 0.0927 e. The zero-order chi connectivity index (χ0) is 18.9. The zero-order valence-electron chi connectivity index (χ0n) is 16.1. The molecule has 0 bridgehead atoms. The molecule has 1 aromatic heterocycles. The van der Waals surface area contributed by atoms with Crippen LogP contribution in [0.3, 0.4) is 0 Å². The first kappa shape index (κ1) is 17.3. The van der Waals surface area contributed by atoms with Gasteiger partial charge in [0.15, 0.2) is 0 Å². The molecule has 0 N–H and O–H groups in total. The minimum atomic E-state index is 0.161. The van der Waals surface area contributed by atoms with E-state index < -0.39 is 0 Å². The summed E-state index contributed by atoms with van der Waals surface area (Å²) in [5, 5.41) is 4.76. The summed E-state index contributed by atoms with van der Waals surface area (Å²) in [7, 11) is 0. The van der Waals surface area contributed by atoms with Crippen molar-refractivity contribution in [2.45, 2.75) is 26.2 Å². The topological polar surface area (TPSA) is 17.8 Å². The summed E-state index contributed by atoms with van der Waals surface area (Å²) >= 11 is 0. The molecular weight excluding hydrogens is 328 g/mol. The fourth-order valence-electron chi connectivity index (χ4n) is 3.20. The highest BCUT2D eigenvalue weighted by Crippen LogP contribution is 2.26. The van der Waals surface area contributed by atoms with E-state index in [2.05, 4.69) is 99.6 Å². The van der Waals surface area contributed by atoms with Crippen molar-refractivity contribution in [2.24, 2.45) is 0 Å². The molecule has 3 aromatic carbocycles. The van der Waals surface area contributed by atoms with Gasteiger partial charge in [0.05, 0.1) is 11.4 Å². The van der Waals surface area contributed by atoms with Gasteiger partial charge >= 0.3 is 0 Å². The van der Waals surface area contributed by atoms with E-state index in [1.54, 1.807) is 0 Å². The molecule has 0 radical (unpaired) electrons. The van der Waals surface area contributed by atoms with Crippen molar-refractivity contribution in [3.63, 3.8) is 0 Å². The first-order valence-electron chi connectivity index (χ1n) is 9.33. The second-order valence-corrected chi connectivity index (χ2v) is 7.89. The van der Waals surface area contributed by atoms with Crippen LogP contribution in [-0.4, -0.2) is 9.78 Å².